The second-order valence-electron chi connectivity index (χ2n) is 9.86. The first-order chi connectivity index (χ1) is 19.8. The van der Waals surface area contributed by atoms with E-state index in [4.69, 9.17) is 0 Å². The molecule has 212 valence electrons. The Morgan fingerprint density at radius 2 is 1.15 bits per heavy atom. The molecule has 0 aliphatic carbocycles. The lowest BCUT2D eigenvalue weighted by atomic mass is 10.0. The molecule has 0 radical (unpaired) electrons. The summed E-state index contributed by atoms with van der Waals surface area (Å²) in [6, 6.07) is 36.5. The summed E-state index contributed by atoms with van der Waals surface area (Å²) in [5, 5.41) is 3.01. The summed E-state index contributed by atoms with van der Waals surface area (Å²) in [5.41, 5.74) is 3.32. The normalized spacial score (nSPS) is 12.0. The Morgan fingerprint density at radius 1 is 0.683 bits per heavy atom. The second kappa shape index (κ2) is 14.4. The van der Waals surface area contributed by atoms with Gasteiger partial charge in [-0.15, -0.1) is 0 Å². The third-order valence-electron chi connectivity index (χ3n) is 6.73. The van der Waals surface area contributed by atoms with Crippen LogP contribution in [0.3, 0.4) is 0 Å². The molecule has 1 atom stereocenters. The molecule has 0 saturated carbocycles. The Balaban J connectivity index is 1.64. The summed E-state index contributed by atoms with van der Waals surface area (Å²) in [6.07, 6.45) is 1.73. The molecule has 0 unspecified atom stereocenters. The number of rotatable bonds is 13. The Hall–Kier alpha value is -4.27. The molecule has 0 saturated heterocycles. The van der Waals surface area contributed by atoms with Gasteiger partial charge in [0.25, 0.3) is 0 Å². The van der Waals surface area contributed by atoms with Crippen molar-refractivity contribution in [3.63, 3.8) is 0 Å². The fourth-order valence-electron chi connectivity index (χ4n) is 4.60. The second-order valence-corrected chi connectivity index (χ2v) is 11.8. The molecule has 0 aliphatic rings. The van der Waals surface area contributed by atoms with Crippen LogP contribution in [-0.2, 0) is 39.1 Å². The molecule has 0 aromatic heterocycles. The van der Waals surface area contributed by atoms with Gasteiger partial charge in [0.1, 0.15) is 6.04 Å². The zero-order valence-electron chi connectivity index (χ0n) is 23.1. The van der Waals surface area contributed by atoms with Gasteiger partial charge < -0.3 is 10.2 Å². The van der Waals surface area contributed by atoms with Gasteiger partial charge in [-0.25, -0.2) is 8.42 Å². The fraction of sp³-hybridized carbons (Fsp3) is 0.212. The van der Waals surface area contributed by atoms with Gasteiger partial charge in [0, 0.05) is 19.6 Å². The first-order valence-electron chi connectivity index (χ1n) is 13.5. The Morgan fingerprint density at radius 3 is 1.66 bits per heavy atom. The smallest absolute Gasteiger partial charge is 0.247 e. The van der Waals surface area contributed by atoms with Gasteiger partial charge in [-0.05, 0) is 28.7 Å². The van der Waals surface area contributed by atoms with E-state index >= 15 is 0 Å². The van der Waals surface area contributed by atoms with Crippen molar-refractivity contribution in [1.29, 1.82) is 0 Å². The maximum absolute atomic E-state index is 14.0. The largest absolute Gasteiger partial charge is 0.354 e. The quantitative estimate of drug-likeness (QED) is 0.256. The van der Waals surface area contributed by atoms with Crippen molar-refractivity contribution >= 4 is 21.8 Å². The predicted molar refractivity (Wildman–Crippen MR) is 161 cm³/mol. The van der Waals surface area contributed by atoms with Crippen LogP contribution in [0.2, 0.25) is 0 Å². The first-order valence-corrected chi connectivity index (χ1v) is 15.3. The fourth-order valence-corrected chi connectivity index (χ4v) is 5.33. The van der Waals surface area contributed by atoms with E-state index < -0.39 is 28.5 Å². The Kier molecular flexibility index (Phi) is 10.4. The average molecular weight is 570 g/mol. The van der Waals surface area contributed by atoms with Crippen LogP contribution in [0, 0.1) is 0 Å². The summed E-state index contributed by atoms with van der Waals surface area (Å²) < 4.78 is 26.7. The standard InChI is InChI=1S/C33H35N3O4S/c1-41(39,40)35(24-28-16-8-3-9-17-28)26-31(37)36(25-29-18-10-4-11-19-29)32(30-20-12-5-13-21-30)33(38)34-23-22-27-14-6-2-7-15-27/h2-21,32H,22-26H2,1H3,(H,34,38)/t32-/m1/s1. The highest BCUT2D eigenvalue weighted by atomic mass is 32.2. The molecule has 7 nitrogen and oxygen atoms in total. The first kappa shape index (κ1) is 29.7. The number of benzene rings is 4. The molecule has 0 aliphatic heterocycles. The Labute approximate surface area is 242 Å². The SMILES string of the molecule is CS(=O)(=O)N(CC(=O)N(Cc1ccccc1)[C@@H](C(=O)NCCc1ccccc1)c1ccccc1)Cc1ccccc1. The van der Waals surface area contributed by atoms with Crippen molar-refractivity contribution in [2.45, 2.75) is 25.6 Å². The predicted octanol–water partition coefficient (Wildman–Crippen LogP) is 4.58. The van der Waals surface area contributed by atoms with Crippen molar-refractivity contribution in [1.82, 2.24) is 14.5 Å². The van der Waals surface area contributed by atoms with Crippen LogP contribution in [0.4, 0.5) is 0 Å². The van der Waals surface area contributed by atoms with E-state index in [1.54, 1.807) is 0 Å². The third-order valence-corrected chi connectivity index (χ3v) is 7.93. The lowest BCUT2D eigenvalue weighted by Gasteiger charge is -2.33. The summed E-state index contributed by atoms with van der Waals surface area (Å²) in [5.74, 6) is -0.798. The maximum atomic E-state index is 14.0. The van der Waals surface area contributed by atoms with Crippen molar-refractivity contribution in [2.75, 3.05) is 19.3 Å². The molecule has 41 heavy (non-hydrogen) atoms. The summed E-state index contributed by atoms with van der Waals surface area (Å²) in [6.45, 7) is 0.169. The molecule has 4 rings (SSSR count). The minimum atomic E-state index is -3.73. The summed E-state index contributed by atoms with van der Waals surface area (Å²) in [7, 11) is -3.73. The summed E-state index contributed by atoms with van der Waals surface area (Å²) in [4.78, 5) is 29.3. The minimum absolute atomic E-state index is 0.0455. The molecule has 4 aromatic rings. The van der Waals surface area contributed by atoms with E-state index in [1.807, 2.05) is 121 Å². The van der Waals surface area contributed by atoms with E-state index in [-0.39, 0.29) is 19.0 Å². The van der Waals surface area contributed by atoms with Crippen molar-refractivity contribution in [3.8, 4) is 0 Å². The van der Waals surface area contributed by atoms with Crippen LogP contribution in [0.5, 0.6) is 0 Å². The topological polar surface area (TPSA) is 86.8 Å². The molecule has 0 spiro atoms. The lowest BCUT2D eigenvalue weighted by molar-refractivity contribution is -0.141. The van der Waals surface area contributed by atoms with Gasteiger partial charge in [0.15, 0.2) is 0 Å². The van der Waals surface area contributed by atoms with E-state index in [2.05, 4.69) is 5.32 Å². The van der Waals surface area contributed by atoms with E-state index in [0.717, 1.165) is 27.3 Å². The number of sulfonamides is 1. The zero-order valence-corrected chi connectivity index (χ0v) is 23.9. The monoisotopic (exact) mass is 569 g/mol. The van der Waals surface area contributed by atoms with Gasteiger partial charge in [-0.1, -0.05) is 121 Å². The van der Waals surface area contributed by atoms with Crippen LogP contribution < -0.4 is 5.32 Å². The van der Waals surface area contributed by atoms with Crippen molar-refractivity contribution < 1.29 is 18.0 Å². The van der Waals surface area contributed by atoms with E-state index in [9.17, 15) is 18.0 Å². The molecule has 1 N–H and O–H groups in total. The number of carbonyl (C=O) groups is 2. The van der Waals surface area contributed by atoms with Crippen LogP contribution in [-0.4, -0.2) is 48.8 Å². The van der Waals surface area contributed by atoms with E-state index in [0.29, 0.717) is 18.5 Å². The lowest BCUT2D eigenvalue weighted by Crippen LogP contribution is -2.48. The molecule has 0 bridgehead atoms. The van der Waals surface area contributed by atoms with Crippen LogP contribution >= 0.6 is 0 Å². The van der Waals surface area contributed by atoms with Crippen LogP contribution in [0.25, 0.3) is 0 Å². The van der Waals surface area contributed by atoms with Crippen LogP contribution in [0.15, 0.2) is 121 Å². The van der Waals surface area contributed by atoms with Gasteiger partial charge in [0.2, 0.25) is 21.8 Å². The highest BCUT2D eigenvalue weighted by Gasteiger charge is 2.33. The van der Waals surface area contributed by atoms with Crippen LogP contribution in [0.1, 0.15) is 28.3 Å². The average Bonchev–Trinajstić information content (AvgIpc) is 2.98. The number of hydrogen-bond donors (Lipinski definition) is 1. The van der Waals surface area contributed by atoms with Gasteiger partial charge in [0.05, 0.1) is 12.8 Å². The number of hydrogen-bond acceptors (Lipinski definition) is 4. The number of carbonyl (C=O) groups excluding carboxylic acids is 2. The third kappa shape index (κ3) is 8.86. The van der Waals surface area contributed by atoms with E-state index in [1.165, 1.54) is 4.90 Å². The number of nitrogens with one attached hydrogen (secondary N) is 1. The van der Waals surface area contributed by atoms with Crippen molar-refractivity contribution in [3.05, 3.63) is 144 Å². The molecule has 0 fully saturated rings. The molecular weight excluding hydrogens is 534 g/mol. The highest BCUT2D eigenvalue weighted by Crippen LogP contribution is 2.25. The molecule has 0 heterocycles. The zero-order chi connectivity index (χ0) is 29.1. The molecule has 4 aromatic carbocycles. The molecule has 2 amide bonds. The van der Waals surface area contributed by atoms with Crippen molar-refractivity contribution in [2.24, 2.45) is 0 Å². The summed E-state index contributed by atoms with van der Waals surface area (Å²) >= 11 is 0. The number of amides is 2. The number of nitrogens with zero attached hydrogens (tertiary/aromatic N) is 2. The minimum Gasteiger partial charge on any atom is -0.354 e. The molecule has 8 heteroatoms. The Bertz CT molecular complexity index is 1500. The molecular formula is C33H35N3O4S. The maximum Gasteiger partial charge on any atom is 0.247 e. The highest BCUT2D eigenvalue weighted by molar-refractivity contribution is 7.88. The van der Waals surface area contributed by atoms with Gasteiger partial charge in [-0.3, -0.25) is 9.59 Å². The van der Waals surface area contributed by atoms with Gasteiger partial charge in [-0.2, -0.15) is 4.31 Å². The van der Waals surface area contributed by atoms with Gasteiger partial charge >= 0.3 is 0 Å².